The molecule has 122 valence electrons. The smallest absolute Gasteiger partial charge is 0.306 e. The molecule has 1 N–H and O–H groups in total. The van der Waals surface area contributed by atoms with E-state index in [-0.39, 0.29) is 17.8 Å². The van der Waals surface area contributed by atoms with Crippen LogP contribution in [-0.2, 0) is 16.0 Å². The number of rotatable bonds is 5. The second-order valence-corrected chi connectivity index (χ2v) is 6.98. The van der Waals surface area contributed by atoms with Gasteiger partial charge in [0.2, 0.25) is 0 Å². The van der Waals surface area contributed by atoms with Crippen LogP contribution in [0.1, 0.15) is 52.0 Å². The summed E-state index contributed by atoms with van der Waals surface area (Å²) in [5.74, 6) is 1.76. The van der Waals surface area contributed by atoms with Crippen molar-refractivity contribution >= 4 is 5.97 Å². The fourth-order valence-corrected chi connectivity index (χ4v) is 3.44. The molecule has 3 heteroatoms. The number of aryl methyl sites for hydroxylation is 1. The molecule has 1 aliphatic rings. The Hall–Kier alpha value is -1.51. The summed E-state index contributed by atoms with van der Waals surface area (Å²) in [5.41, 5.74) is 0.803. The highest BCUT2D eigenvalue weighted by molar-refractivity contribution is 5.70. The van der Waals surface area contributed by atoms with E-state index in [0.29, 0.717) is 30.6 Å². The van der Waals surface area contributed by atoms with E-state index in [1.807, 2.05) is 12.1 Å². The van der Waals surface area contributed by atoms with Crippen molar-refractivity contribution in [2.45, 2.75) is 59.0 Å². The summed E-state index contributed by atoms with van der Waals surface area (Å²) >= 11 is 0. The van der Waals surface area contributed by atoms with Gasteiger partial charge in [0.15, 0.2) is 0 Å². The van der Waals surface area contributed by atoms with Gasteiger partial charge >= 0.3 is 5.97 Å². The summed E-state index contributed by atoms with van der Waals surface area (Å²) in [7, 11) is 0. The quantitative estimate of drug-likeness (QED) is 0.824. The number of aromatic hydroxyl groups is 1. The first-order valence-electron chi connectivity index (χ1n) is 8.43. The predicted octanol–water partition coefficient (Wildman–Crippen LogP) is 4.33. The summed E-state index contributed by atoms with van der Waals surface area (Å²) in [6, 6.07) is 7.16. The van der Waals surface area contributed by atoms with Gasteiger partial charge in [-0.3, -0.25) is 4.79 Å². The van der Waals surface area contributed by atoms with Gasteiger partial charge in [0.1, 0.15) is 11.9 Å². The largest absolute Gasteiger partial charge is 0.508 e. The van der Waals surface area contributed by atoms with E-state index < -0.39 is 0 Å². The lowest BCUT2D eigenvalue weighted by atomic mass is 9.75. The van der Waals surface area contributed by atoms with Crippen LogP contribution in [0.4, 0.5) is 0 Å². The fraction of sp³-hybridized carbons (Fsp3) is 0.632. The predicted molar refractivity (Wildman–Crippen MR) is 87.7 cm³/mol. The highest BCUT2D eigenvalue weighted by Gasteiger charge is 2.33. The summed E-state index contributed by atoms with van der Waals surface area (Å²) < 4.78 is 5.78. The normalized spacial score (nSPS) is 25.2. The van der Waals surface area contributed by atoms with Gasteiger partial charge < -0.3 is 9.84 Å². The Morgan fingerprint density at radius 1 is 1.32 bits per heavy atom. The van der Waals surface area contributed by atoms with Crippen LogP contribution in [0.15, 0.2) is 24.3 Å². The van der Waals surface area contributed by atoms with Crippen molar-refractivity contribution in [3.05, 3.63) is 29.8 Å². The van der Waals surface area contributed by atoms with Crippen LogP contribution in [-0.4, -0.2) is 17.2 Å². The van der Waals surface area contributed by atoms with Gasteiger partial charge in [-0.15, -0.1) is 0 Å². The third-order valence-electron chi connectivity index (χ3n) is 4.83. The molecule has 1 aromatic rings. The van der Waals surface area contributed by atoms with E-state index >= 15 is 0 Å². The molecule has 0 spiro atoms. The Balaban J connectivity index is 1.88. The lowest BCUT2D eigenvalue weighted by molar-refractivity contribution is -0.155. The second kappa shape index (κ2) is 7.66. The van der Waals surface area contributed by atoms with Crippen molar-refractivity contribution < 1.29 is 14.6 Å². The zero-order valence-corrected chi connectivity index (χ0v) is 13.9. The number of hydrogen-bond acceptors (Lipinski definition) is 3. The van der Waals surface area contributed by atoms with Crippen LogP contribution in [0.2, 0.25) is 0 Å². The van der Waals surface area contributed by atoms with E-state index in [1.165, 1.54) is 6.42 Å². The summed E-state index contributed by atoms with van der Waals surface area (Å²) in [6.07, 6.45) is 4.27. The molecule has 0 aromatic heterocycles. The maximum atomic E-state index is 12.2. The Kier molecular flexibility index (Phi) is 5.87. The Morgan fingerprint density at radius 2 is 2.05 bits per heavy atom. The van der Waals surface area contributed by atoms with Crippen LogP contribution in [0.3, 0.4) is 0 Å². The van der Waals surface area contributed by atoms with Gasteiger partial charge in [-0.1, -0.05) is 45.4 Å². The highest BCUT2D eigenvalue weighted by Crippen LogP contribution is 2.35. The number of phenols is 1. The van der Waals surface area contributed by atoms with Crippen molar-refractivity contribution in [1.82, 2.24) is 0 Å². The number of para-hydroxylation sites is 1. The maximum absolute atomic E-state index is 12.2. The van der Waals surface area contributed by atoms with Crippen molar-refractivity contribution in [2.75, 3.05) is 0 Å². The first-order chi connectivity index (χ1) is 10.5. The summed E-state index contributed by atoms with van der Waals surface area (Å²) in [5, 5.41) is 9.74. The molecule has 0 saturated heterocycles. The van der Waals surface area contributed by atoms with Crippen LogP contribution in [0, 0.1) is 17.8 Å². The third-order valence-corrected chi connectivity index (χ3v) is 4.83. The minimum atomic E-state index is -0.145. The summed E-state index contributed by atoms with van der Waals surface area (Å²) in [6.45, 7) is 6.66. The van der Waals surface area contributed by atoms with Gasteiger partial charge in [0.05, 0.1) is 0 Å². The highest BCUT2D eigenvalue weighted by atomic mass is 16.5. The molecule has 0 heterocycles. The molecule has 22 heavy (non-hydrogen) atoms. The second-order valence-electron chi connectivity index (χ2n) is 6.98. The molecular formula is C19H28O3. The molecule has 3 atom stereocenters. The molecule has 1 fully saturated rings. The molecule has 3 nitrogen and oxygen atoms in total. The van der Waals surface area contributed by atoms with Gasteiger partial charge in [-0.05, 0) is 48.6 Å². The maximum Gasteiger partial charge on any atom is 0.306 e. The SMILES string of the molecule is CC(C)[C@@H]1CC[C@@H](C)C[C@H]1OC(=O)CCc1ccccc1O. The average molecular weight is 304 g/mol. The molecule has 2 rings (SSSR count). The van der Waals surface area contributed by atoms with Crippen molar-refractivity contribution in [2.24, 2.45) is 17.8 Å². The number of hydrogen-bond donors (Lipinski definition) is 1. The van der Waals surface area contributed by atoms with E-state index in [1.54, 1.807) is 12.1 Å². The van der Waals surface area contributed by atoms with Gasteiger partial charge in [-0.25, -0.2) is 0 Å². The lowest BCUT2D eigenvalue weighted by Gasteiger charge is -2.36. The standard InChI is InChI=1S/C19H28O3/c1-13(2)16-10-8-14(3)12-18(16)22-19(21)11-9-15-6-4-5-7-17(15)20/h4-7,13-14,16,18,20H,8-12H2,1-3H3/t14-,16+,18-/m1/s1. The zero-order valence-electron chi connectivity index (χ0n) is 13.9. The number of ether oxygens (including phenoxy) is 1. The molecule has 0 unspecified atom stereocenters. The number of carbonyl (C=O) groups is 1. The first kappa shape index (κ1) is 16.9. The van der Waals surface area contributed by atoms with E-state index in [9.17, 15) is 9.90 Å². The van der Waals surface area contributed by atoms with Crippen molar-refractivity contribution in [3.63, 3.8) is 0 Å². The number of esters is 1. The minimum Gasteiger partial charge on any atom is -0.508 e. The molecule has 0 bridgehead atoms. The molecule has 1 aromatic carbocycles. The van der Waals surface area contributed by atoms with Gasteiger partial charge in [0, 0.05) is 6.42 Å². The number of phenolic OH excluding ortho intramolecular Hbond substituents is 1. The van der Waals surface area contributed by atoms with Crippen LogP contribution >= 0.6 is 0 Å². The average Bonchev–Trinajstić information content (AvgIpc) is 2.46. The fourth-order valence-electron chi connectivity index (χ4n) is 3.44. The first-order valence-corrected chi connectivity index (χ1v) is 8.43. The Morgan fingerprint density at radius 3 is 2.73 bits per heavy atom. The Bertz CT molecular complexity index is 495. The number of benzene rings is 1. The van der Waals surface area contributed by atoms with Crippen molar-refractivity contribution in [1.29, 1.82) is 0 Å². The molecular weight excluding hydrogens is 276 g/mol. The monoisotopic (exact) mass is 304 g/mol. The van der Waals surface area contributed by atoms with Crippen LogP contribution in [0.25, 0.3) is 0 Å². The minimum absolute atomic E-state index is 0.0561. The topological polar surface area (TPSA) is 46.5 Å². The van der Waals surface area contributed by atoms with Gasteiger partial charge in [0.25, 0.3) is 0 Å². The molecule has 0 amide bonds. The molecule has 1 aliphatic carbocycles. The molecule has 0 aliphatic heterocycles. The van der Waals surface area contributed by atoms with Crippen molar-refractivity contribution in [3.8, 4) is 5.75 Å². The Labute approximate surface area is 133 Å². The van der Waals surface area contributed by atoms with Crippen LogP contribution < -0.4 is 0 Å². The van der Waals surface area contributed by atoms with Crippen LogP contribution in [0.5, 0.6) is 5.75 Å². The molecule has 0 radical (unpaired) electrons. The van der Waals surface area contributed by atoms with E-state index in [4.69, 9.17) is 4.74 Å². The third kappa shape index (κ3) is 4.49. The van der Waals surface area contributed by atoms with E-state index in [2.05, 4.69) is 20.8 Å². The van der Waals surface area contributed by atoms with E-state index in [0.717, 1.165) is 18.4 Å². The molecule has 1 saturated carbocycles. The van der Waals surface area contributed by atoms with Gasteiger partial charge in [-0.2, -0.15) is 0 Å². The number of carbonyl (C=O) groups excluding carboxylic acids is 1. The zero-order chi connectivity index (χ0) is 16.1. The lowest BCUT2D eigenvalue weighted by Crippen LogP contribution is -2.35. The summed E-state index contributed by atoms with van der Waals surface area (Å²) in [4.78, 5) is 12.2.